The summed E-state index contributed by atoms with van der Waals surface area (Å²) in [6.45, 7) is 12.5. The minimum absolute atomic E-state index is 0.353. The number of aromatic nitrogens is 3. The van der Waals surface area contributed by atoms with Gasteiger partial charge in [0.05, 0.1) is 22.4 Å². The number of aliphatic imine (C=N–C) groups is 1. The van der Waals surface area contributed by atoms with Crippen molar-refractivity contribution in [2.45, 2.75) is 19.3 Å². The Balaban J connectivity index is 1.19. The smallest absolute Gasteiger partial charge is 0.142 e. The van der Waals surface area contributed by atoms with Crippen LogP contribution in [-0.4, -0.2) is 21.7 Å². The van der Waals surface area contributed by atoms with Gasteiger partial charge in [-0.25, -0.2) is 15.0 Å². The van der Waals surface area contributed by atoms with E-state index in [-0.39, 0.29) is 5.41 Å². The third kappa shape index (κ3) is 4.79. The van der Waals surface area contributed by atoms with Crippen LogP contribution in [0.5, 0.6) is 0 Å². The molecule has 0 bridgehead atoms. The minimum Gasteiger partial charge on any atom is -0.278 e. The number of rotatable bonds is 6. The van der Waals surface area contributed by atoms with E-state index >= 15 is 0 Å². The van der Waals surface area contributed by atoms with E-state index in [4.69, 9.17) is 4.98 Å². The molecule has 5 heteroatoms. The molecule has 4 heterocycles. The average molecular weight is 620 g/mol. The Morgan fingerprint density at radius 1 is 0.646 bits per heavy atom. The molecule has 5 nitrogen and oxygen atoms in total. The quantitative estimate of drug-likeness (QED) is 0.137. The van der Waals surface area contributed by atoms with E-state index in [1.54, 1.807) is 6.20 Å². The van der Waals surface area contributed by atoms with Crippen LogP contribution in [-0.2, 0) is 5.41 Å². The highest BCUT2D eigenvalue weighted by molar-refractivity contribution is 6.03. The number of nitrogens with zero attached hydrogens (tertiary/aromatic N) is 5. The Bertz CT molecular complexity index is 2420. The van der Waals surface area contributed by atoms with Gasteiger partial charge in [-0.2, -0.15) is 0 Å². The van der Waals surface area contributed by atoms with Crippen LogP contribution in [0.4, 0.5) is 11.5 Å². The molecule has 0 radical (unpaired) electrons. The predicted octanol–water partition coefficient (Wildman–Crippen LogP) is 10.7. The Kier molecular flexibility index (Phi) is 7.03. The SMILES string of the molecule is C=CC1=C(N=C)N(c2ccccn2)c2ccc(-c3cccc(-c4cccc(-c5ccc6ccc7cccnc7c6n5)c4)c3)cc2C1(C)C. The standard InChI is InChI=1S/C43H33N5/c1-5-35-42(44-4)48(39-16-6-7-23-45-39)38-22-20-33(27-36(38)43(35,2)3)31-12-8-11-30(25-31)32-13-9-14-34(26-32)37-21-19-29-18-17-28-15-10-24-46-40(28)41(29)47-37/h5-27H,1,4H2,2-3H3. The van der Waals surface area contributed by atoms with Gasteiger partial charge in [-0.1, -0.05) is 99.3 Å². The van der Waals surface area contributed by atoms with Crippen molar-refractivity contribution in [3.8, 4) is 33.5 Å². The second-order valence-corrected chi connectivity index (χ2v) is 12.6. The zero-order chi connectivity index (χ0) is 32.8. The van der Waals surface area contributed by atoms with Crippen LogP contribution >= 0.6 is 0 Å². The van der Waals surface area contributed by atoms with Gasteiger partial charge in [0.15, 0.2) is 0 Å². The van der Waals surface area contributed by atoms with Gasteiger partial charge in [0.1, 0.15) is 11.6 Å². The largest absolute Gasteiger partial charge is 0.278 e. The van der Waals surface area contributed by atoms with Gasteiger partial charge in [-0.3, -0.25) is 9.88 Å². The average Bonchev–Trinajstić information content (AvgIpc) is 3.14. The fourth-order valence-electron chi connectivity index (χ4n) is 6.91. The maximum Gasteiger partial charge on any atom is 0.142 e. The summed E-state index contributed by atoms with van der Waals surface area (Å²) in [7, 11) is 0. The zero-order valence-corrected chi connectivity index (χ0v) is 26.9. The molecule has 1 aliphatic heterocycles. The highest BCUT2D eigenvalue weighted by Gasteiger charge is 2.38. The molecule has 7 aromatic rings. The molecule has 0 N–H and O–H groups in total. The number of anilines is 2. The third-order valence-corrected chi connectivity index (χ3v) is 9.39. The number of pyridine rings is 3. The van der Waals surface area contributed by atoms with E-state index in [2.05, 4.69) is 144 Å². The number of fused-ring (bicyclic) bond motifs is 4. The van der Waals surface area contributed by atoms with Gasteiger partial charge in [-0.15, -0.1) is 0 Å². The second-order valence-electron chi connectivity index (χ2n) is 12.6. The van der Waals surface area contributed by atoms with E-state index in [1.807, 2.05) is 36.5 Å². The van der Waals surface area contributed by atoms with Crippen molar-refractivity contribution in [2.75, 3.05) is 4.90 Å². The first-order valence-electron chi connectivity index (χ1n) is 16.0. The monoisotopic (exact) mass is 619 g/mol. The van der Waals surface area contributed by atoms with Gasteiger partial charge in [0.2, 0.25) is 0 Å². The fourth-order valence-corrected chi connectivity index (χ4v) is 6.91. The van der Waals surface area contributed by atoms with Crippen LogP contribution in [0.2, 0.25) is 0 Å². The molecule has 0 spiro atoms. The van der Waals surface area contributed by atoms with Gasteiger partial charge in [-0.05, 0) is 83.1 Å². The van der Waals surface area contributed by atoms with Crippen molar-refractivity contribution in [2.24, 2.45) is 4.99 Å². The fraction of sp³-hybridized carbons (Fsp3) is 0.0698. The Hall–Kier alpha value is -6.20. The zero-order valence-electron chi connectivity index (χ0n) is 26.9. The molecule has 0 atom stereocenters. The predicted molar refractivity (Wildman–Crippen MR) is 200 cm³/mol. The lowest BCUT2D eigenvalue weighted by Gasteiger charge is -2.41. The molecular weight excluding hydrogens is 587 g/mol. The number of benzene rings is 4. The molecule has 0 saturated heterocycles. The van der Waals surface area contributed by atoms with Crippen LogP contribution in [0.1, 0.15) is 19.4 Å². The van der Waals surface area contributed by atoms with Crippen LogP contribution < -0.4 is 4.90 Å². The Labute approximate surface area is 280 Å². The van der Waals surface area contributed by atoms with Gasteiger partial charge >= 0.3 is 0 Å². The van der Waals surface area contributed by atoms with Crippen molar-refractivity contribution in [3.63, 3.8) is 0 Å². The van der Waals surface area contributed by atoms with Crippen molar-refractivity contribution >= 4 is 40.0 Å². The Morgan fingerprint density at radius 3 is 2.02 bits per heavy atom. The topological polar surface area (TPSA) is 54.3 Å². The summed E-state index contributed by atoms with van der Waals surface area (Å²) in [6.07, 6.45) is 5.52. The van der Waals surface area contributed by atoms with Crippen LogP contribution in [0.3, 0.4) is 0 Å². The summed E-state index contributed by atoms with van der Waals surface area (Å²) in [5, 5.41) is 2.17. The van der Waals surface area contributed by atoms with Crippen molar-refractivity contribution < 1.29 is 0 Å². The number of hydrogen-bond donors (Lipinski definition) is 0. The molecular formula is C43H33N5. The molecule has 0 aliphatic carbocycles. The molecule has 0 unspecified atom stereocenters. The first-order chi connectivity index (χ1) is 23.5. The van der Waals surface area contributed by atoms with Gasteiger partial charge in [0, 0.05) is 39.7 Å². The third-order valence-electron chi connectivity index (χ3n) is 9.39. The summed E-state index contributed by atoms with van der Waals surface area (Å²) in [4.78, 5) is 20.9. The lowest BCUT2D eigenvalue weighted by atomic mass is 9.73. The lowest BCUT2D eigenvalue weighted by molar-refractivity contribution is 0.616. The normalized spacial score (nSPS) is 13.8. The summed E-state index contributed by atoms with van der Waals surface area (Å²) in [5.41, 5.74) is 11.2. The molecule has 0 fully saturated rings. The summed E-state index contributed by atoms with van der Waals surface area (Å²) >= 11 is 0. The molecule has 8 rings (SSSR count). The maximum atomic E-state index is 5.09. The lowest BCUT2D eigenvalue weighted by Crippen LogP contribution is -2.33. The maximum absolute atomic E-state index is 5.09. The summed E-state index contributed by atoms with van der Waals surface area (Å²) in [6, 6.07) is 42.3. The highest BCUT2D eigenvalue weighted by atomic mass is 15.3. The van der Waals surface area contributed by atoms with Gasteiger partial charge < -0.3 is 0 Å². The van der Waals surface area contributed by atoms with Crippen LogP contribution in [0, 0.1) is 0 Å². The van der Waals surface area contributed by atoms with Crippen molar-refractivity contribution in [3.05, 3.63) is 163 Å². The molecule has 0 saturated carbocycles. The number of hydrogen-bond acceptors (Lipinski definition) is 5. The van der Waals surface area contributed by atoms with Gasteiger partial charge in [0.25, 0.3) is 0 Å². The molecule has 1 aliphatic rings. The van der Waals surface area contributed by atoms with E-state index < -0.39 is 0 Å². The van der Waals surface area contributed by atoms with E-state index in [9.17, 15) is 0 Å². The molecule has 3 aromatic heterocycles. The second kappa shape index (κ2) is 11.6. The number of allylic oxidation sites excluding steroid dienone is 2. The first kappa shape index (κ1) is 29.2. The molecule has 230 valence electrons. The summed E-state index contributed by atoms with van der Waals surface area (Å²) < 4.78 is 0. The highest BCUT2D eigenvalue weighted by Crippen LogP contribution is 2.49. The first-order valence-corrected chi connectivity index (χ1v) is 16.0. The van der Waals surface area contributed by atoms with Crippen molar-refractivity contribution in [1.29, 1.82) is 0 Å². The van der Waals surface area contributed by atoms with E-state index in [0.29, 0.717) is 0 Å². The molecule has 0 amide bonds. The van der Waals surface area contributed by atoms with Crippen LogP contribution in [0.15, 0.2) is 163 Å². The van der Waals surface area contributed by atoms with Crippen LogP contribution in [0.25, 0.3) is 55.3 Å². The molecule has 4 aromatic carbocycles. The van der Waals surface area contributed by atoms with E-state index in [0.717, 1.165) is 78.2 Å². The minimum atomic E-state index is -0.353. The molecule has 48 heavy (non-hydrogen) atoms. The van der Waals surface area contributed by atoms with Crippen molar-refractivity contribution in [1.82, 2.24) is 15.0 Å². The Morgan fingerprint density at radius 2 is 1.31 bits per heavy atom. The van der Waals surface area contributed by atoms with E-state index in [1.165, 1.54) is 5.56 Å². The summed E-state index contributed by atoms with van der Waals surface area (Å²) in [5.74, 6) is 1.54.